The van der Waals surface area contributed by atoms with Crippen LogP contribution < -0.4 is 10.1 Å². The van der Waals surface area contributed by atoms with E-state index < -0.39 is 6.10 Å². The predicted octanol–water partition coefficient (Wildman–Crippen LogP) is 6.20. The average molecular weight is 402 g/mol. The van der Waals surface area contributed by atoms with Gasteiger partial charge in [-0.2, -0.15) is 0 Å². The third-order valence-electron chi connectivity index (χ3n) is 5.38. The molecule has 0 radical (unpaired) electrons. The third-order valence-corrected chi connectivity index (χ3v) is 5.38. The van der Waals surface area contributed by atoms with Crippen LogP contribution in [-0.2, 0) is 0 Å². The lowest BCUT2D eigenvalue weighted by Crippen LogP contribution is -2.21. The molecule has 2 N–H and O–H groups in total. The summed E-state index contributed by atoms with van der Waals surface area (Å²) in [5.74, 6) is 0.314. The van der Waals surface area contributed by atoms with Crippen molar-refractivity contribution in [2.75, 3.05) is 13.2 Å². The van der Waals surface area contributed by atoms with E-state index in [9.17, 15) is 9.50 Å². The average Bonchev–Trinajstić information content (AvgIpc) is 2.73. The molecule has 4 heteroatoms. The molecule has 29 heavy (non-hydrogen) atoms. The molecule has 0 amide bonds. The van der Waals surface area contributed by atoms with Gasteiger partial charge in [0.15, 0.2) is 11.6 Å². The van der Waals surface area contributed by atoms with Crippen LogP contribution in [-0.4, -0.2) is 18.3 Å². The lowest BCUT2D eigenvalue weighted by atomic mass is 9.99. The summed E-state index contributed by atoms with van der Waals surface area (Å²) >= 11 is 0. The molecule has 2 unspecified atom stereocenters. The molecular weight excluding hydrogens is 365 g/mol. The first-order chi connectivity index (χ1) is 14.0. The normalized spacial score (nSPS) is 13.4. The van der Waals surface area contributed by atoms with Crippen LogP contribution in [0.4, 0.5) is 4.39 Å². The molecule has 0 saturated carbocycles. The zero-order valence-electron chi connectivity index (χ0n) is 18.0. The molecule has 0 fully saturated rings. The molecule has 0 aliphatic rings. The first-order valence-corrected chi connectivity index (χ1v) is 10.9. The Morgan fingerprint density at radius 1 is 0.966 bits per heavy atom. The highest BCUT2D eigenvalue weighted by molar-refractivity contribution is 5.31. The Morgan fingerprint density at radius 2 is 1.66 bits per heavy atom. The van der Waals surface area contributed by atoms with Crippen LogP contribution in [0, 0.1) is 11.7 Å². The van der Waals surface area contributed by atoms with Gasteiger partial charge in [-0.3, -0.25) is 0 Å². The van der Waals surface area contributed by atoms with Crippen molar-refractivity contribution in [1.82, 2.24) is 5.32 Å². The Kier molecular flexibility index (Phi) is 10.2. The fourth-order valence-corrected chi connectivity index (χ4v) is 3.64. The SMILES string of the molecule is CCCC(CCC)COc1cc(C(O)CCNC(C)c2ccccc2)ccc1F. The number of halogens is 1. The van der Waals surface area contributed by atoms with E-state index in [2.05, 4.69) is 38.2 Å². The molecule has 160 valence electrons. The van der Waals surface area contributed by atoms with Crippen LogP contribution in [0.25, 0.3) is 0 Å². The quantitative estimate of drug-likeness (QED) is 0.420. The molecule has 0 bridgehead atoms. The molecular formula is C25H36FNO2. The van der Waals surface area contributed by atoms with E-state index in [1.165, 1.54) is 11.6 Å². The minimum absolute atomic E-state index is 0.213. The molecule has 2 rings (SSSR count). The van der Waals surface area contributed by atoms with Gasteiger partial charge in [-0.1, -0.05) is 63.1 Å². The van der Waals surface area contributed by atoms with Gasteiger partial charge in [0, 0.05) is 6.04 Å². The van der Waals surface area contributed by atoms with Crippen molar-refractivity contribution in [3.8, 4) is 5.75 Å². The van der Waals surface area contributed by atoms with E-state index >= 15 is 0 Å². The zero-order valence-corrected chi connectivity index (χ0v) is 18.0. The van der Waals surface area contributed by atoms with Crippen molar-refractivity contribution in [2.24, 2.45) is 5.92 Å². The second-order valence-corrected chi connectivity index (χ2v) is 7.84. The molecule has 3 nitrogen and oxygen atoms in total. The van der Waals surface area contributed by atoms with Crippen molar-refractivity contribution >= 4 is 0 Å². The van der Waals surface area contributed by atoms with Gasteiger partial charge >= 0.3 is 0 Å². The summed E-state index contributed by atoms with van der Waals surface area (Å²) < 4.78 is 20.0. The Morgan fingerprint density at radius 3 is 2.31 bits per heavy atom. The Labute approximate surface area is 175 Å². The van der Waals surface area contributed by atoms with Gasteiger partial charge in [0.05, 0.1) is 12.7 Å². The largest absolute Gasteiger partial charge is 0.490 e. The predicted molar refractivity (Wildman–Crippen MR) is 118 cm³/mol. The van der Waals surface area contributed by atoms with E-state index in [1.807, 2.05) is 18.2 Å². The fourth-order valence-electron chi connectivity index (χ4n) is 3.64. The maximum absolute atomic E-state index is 14.2. The second kappa shape index (κ2) is 12.6. The highest BCUT2D eigenvalue weighted by Crippen LogP contribution is 2.26. The maximum Gasteiger partial charge on any atom is 0.165 e. The molecule has 0 aromatic heterocycles. The molecule has 0 spiro atoms. The minimum atomic E-state index is -0.657. The van der Waals surface area contributed by atoms with Crippen LogP contribution in [0.2, 0.25) is 0 Å². The standard InChI is InChI=1S/C25H36FNO2/c1-4-9-20(10-5-2)18-29-25-17-22(13-14-23(25)26)24(28)15-16-27-19(3)21-11-7-6-8-12-21/h6-8,11-14,17,19-20,24,27-28H,4-5,9-10,15-16,18H2,1-3H3. The first-order valence-electron chi connectivity index (χ1n) is 10.9. The third kappa shape index (κ3) is 7.79. The van der Waals surface area contributed by atoms with Gasteiger partial charge in [-0.05, 0) is 61.9 Å². The summed E-state index contributed by atoms with van der Waals surface area (Å²) in [6, 6.07) is 15.1. The van der Waals surface area contributed by atoms with E-state index in [1.54, 1.807) is 12.1 Å². The lowest BCUT2D eigenvalue weighted by molar-refractivity contribution is 0.164. The highest BCUT2D eigenvalue weighted by atomic mass is 19.1. The van der Waals surface area contributed by atoms with Crippen LogP contribution in [0.1, 0.15) is 76.1 Å². The van der Waals surface area contributed by atoms with E-state index in [0.29, 0.717) is 31.1 Å². The van der Waals surface area contributed by atoms with Crippen LogP contribution >= 0.6 is 0 Å². The number of benzene rings is 2. The fraction of sp³-hybridized carbons (Fsp3) is 0.520. The van der Waals surface area contributed by atoms with E-state index in [-0.39, 0.29) is 17.6 Å². The molecule has 0 aliphatic heterocycles. The van der Waals surface area contributed by atoms with E-state index in [0.717, 1.165) is 25.7 Å². The lowest BCUT2D eigenvalue weighted by Gasteiger charge is -2.19. The number of nitrogens with one attached hydrogen (secondary N) is 1. The van der Waals surface area contributed by atoms with Crippen molar-refractivity contribution in [3.05, 3.63) is 65.5 Å². The number of hydrogen-bond acceptors (Lipinski definition) is 3. The second-order valence-electron chi connectivity index (χ2n) is 7.84. The van der Waals surface area contributed by atoms with Crippen LogP contribution in [0.15, 0.2) is 48.5 Å². The summed E-state index contributed by atoms with van der Waals surface area (Å²) in [4.78, 5) is 0. The van der Waals surface area contributed by atoms with Crippen LogP contribution in [0.5, 0.6) is 5.75 Å². The van der Waals surface area contributed by atoms with Crippen molar-refractivity contribution in [2.45, 2.75) is 65.0 Å². The summed E-state index contributed by atoms with van der Waals surface area (Å²) in [6.45, 7) is 7.61. The number of hydrogen-bond donors (Lipinski definition) is 2. The van der Waals surface area contributed by atoms with Gasteiger partial charge in [0.1, 0.15) is 0 Å². The van der Waals surface area contributed by atoms with E-state index in [4.69, 9.17) is 4.74 Å². The van der Waals surface area contributed by atoms with Crippen molar-refractivity contribution in [1.29, 1.82) is 0 Å². The van der Waals surface area contributed by atoms with Crippen molar-refractivity contribution < 1.29 is 14.2 Å². The summed E-state index contributed by atoms with van der Waals surface area (Å²) in [6.07, 6.45) is 4.27. The smallest absolute Gasteiger partial charge is 0.165 e. The Balaban J connectivity index is 1.88. The Hall–Kier alpha value is -1.91. The monoisotopic (exact) mass is 401 g/mol. The van der Waals surface area contributed by atoms with Gasteiger partial charge in [-0.15, -0.1) is 0 Å². The number of aliphatic hydroxyl groups is 1. The number of rotatable bonds is 13. The molecule has 0 aliphatic carbocycles. The summed E-state index contributed by atoms with van der Waals surface area (Å²) in [5.41, 5.74) is 1.91. The molecule has 2 aromatic rings. The highest BCUT2D eigenvalue weighted by Gasteiger charge is 2.14. The van der Waals surface area contributed by atoms with Crippen LogP contribution in [0.3, 0.4) is 0 Å². The van der Waals surface area contributed by atoms with Crippen molar-refractivity contribution in [3.63, 3.8) is 0 Å². The zero-order chi connectivity index (χ0) is 21.1. The van der Waals surface area contributed by atoms with Gasteiger partial charge < -0.3 is 15.2 Å². The number of ether oxygens (including phenoxy) is 1. The molecule has 2 atom stereocenters. The molecule has 2 aromatic carbocycles. The van der Waals surface area contributed by atoms with Gasteiger partial charge in [-0.25, -0.2) is 4.39 Å². The van der Waals surface area contributed by atoms with Gasteiger partial charge in [0.25, 0.3) is 0 Å². The maximum atomic E-state index is 14.2. The van der Waals surface area contributed by atoms with Gasteiger partial charge in [0.2, 0.25) is 0 Å². The molecule has 0 heterocycles. The summed E-state index contributed by atoms with van der Waals surface area (Å²) in [7, 11) is 0. The summed E-state index contributed by atoms with van der Waals surface area (Å²) in [5, 5.41) is 14.0. The minimum Gasteiger partial charge on any atom is -0.490 e. The Bertz CT molecular complexity index is 701. The first kappa shape index (κ1) is 23.4. The number of aliphatic hydroxyl groups excluding tert-OH is 1. The molecule has 0 saturated heterocycles. The topological polar surface area (TPSA) is 41.5 Å².